The SMILES string of the molecule is CCCCCCCCCCCCC/C(C(=O)O)=C(\CCCCCCCCCCCCC)C(=O)O. The highest BCUT2D eigenvalue weighted by molar-refractivity contribution is 5.98. The van der Waals surface area contributed by atoms with Crippen molar-refractivity contribution in [3.63, 3.8) is 0 Å². The number of carboxylic acid groups (broad SMARTS) is 2. The Bertz CT molecular complexity index is 478. The fourth-order valence-electron chi connectivity index (χ4n) is 4.71. The van der Waals surface area contributed by atoms with E-state index in [9.17, 15) is 19.8 Å². The van der Waals surface area contributed by atoms with E-state index in [0.29, 0.717) is 12.8 Å². The molecule has 0 spiro atoms. The van der Waals surface area contributed by atoms with E-state index in [1.165, 1.54) is 103 Å². The molecule has 0 aliphatic carbocycles. The van der Waals surface area contributed by atoms with E-state index in [4.69, 9.17) is 0 Å². The Morgan fingerprint density at radius 2 is 0.588 bits per heavy atom. The van der Waals surface area contributed by atoms with Crippen LogP contribution in [0.15, 0.2) is 11.1 Å². The van der Waals surface area contributed by atoms with Gasteiger partial charge in [-0.05, 0) is 25.7 Å². The molecule has 0 radical (unpaired) electrons. The Balaban J connectivity index is 4.05. The summed E-state index contributed by atoms with van der Waals surface area (Å²) in [5, 5.41) is 19.2. The molecule has 0 aromatic carbocycles. The highest BCUT2D eigenvalue weighted by Crippen LogP contribution is 2.21. The summed E-state index contributed by atoms with van der Waals surface area (Å²) in [6.07, 6.45) is 27.3. The molecule has 0 bridgehead atoms. The van der Waals surface area contributed by atoms with Gasteiger partial charge >= 0.3 is 11.9 Å². The minimum absolute atomic E-state index is 0.135. The van der Waals surface area contributed by atoms with Crippen molar-refractivity contribution in [2.75, 3.05) is 0 Å². The molecule has 0 saturated heterocycles. The van der Waals surface area contributed by atoms with Crippen LogP contribution in [0.25, 0.3) is 0 Å². The van der Waals surface area contributed by atoms with Gasteiger partial charge in [-0.3, -0.25) is 0 Å². The lowest BCUT2D eigenvalue weighted by atomic mass is 9.96. The van der Waals surface area contributed by atoms with Gasteiger partial charge < -0.3 is 10.2 Å². The second kappa shape index (κ2) is 24.8. The van der Waals surface area contributed by atoms with E-state index in [1.54, 1.807) is 0 Å². The molecule has 200 valence electrons. The largest absolute Gasteiger partial charge is 0.478 e. The summed E-state index contributed by atoms with van der Waals surface area (Å²) in [4.78, 5) is 23.5. The van der Waals surface area contributed by atoms with Crippen molar-refractivity contribution in [3.8, 4) is 0 Å². The summed E-state index contributed by atoms with van der Waals surface area (Å²) in [5.41, 5.74) is 0.269. The number of hydrogen-bond acceptors (Lipinski definition) is 2. The van der Waals surface area contributed by atoms with Gasteiger partial charge in [-0.15, -0.1) is 0 Å². The zero-order valence-corrected chi connectivity index (χ0v) is 22.7. The van der Waals surface area contributed by atoms with Crippen LogP contribution in [0.3, 0.4) is 0 Å². The summed E-state index contributed by atoms with van der Waals surface area (Å²) < 4.78 is 0. The van der Waals surface area contributed by atoms with Gasteiger partial charge in [-0.25, -0.2) is 9.59 Å². The van der Waals surface area contributed by atoms with Crippen LogP contribution in [-0.4, -0.2) is 22.2 Å². The predicted octanol–water partition coefficient (Wildman–Crippen LogP) is 9.85. The third-order valence-corrected chi connectivity index (χ3v) is 6.94. The average molecular weight is 481 g/mol. The third kappa shape index (κ3) is 20.1. The molecule has 34 heavy (non-hydrogen) atoms. The molecule has 0 aliphatic heterocycles. The zero-order valence-electron chi connectivity index (χ0n) is 22.7. The third-order valence-electron chi connectivity index (χ3n) is 6.94. The highest BCUT2D eigenvalue weighted by atomic mass is 16.4. The van der Waals surface area contributed by atoms with Crippen molar-refractivity contribution in [1.82, 2.24) is 0 Å². The number of aliphatic carboxylic acids is 2. The van der Waals surface area contributed by atoms with Crippen LogP contribution >= 0.6 is 0 Å². The van der Waals surface area contributed by atoms with Crippen molar-refractivity contribution in [3.05, 3.63) is 11.1 Å². The molecule has 0 heterocycles. The average Bonchev–Trinajstić information content (AvgIpc) is 2.81. The number of unbranched alkanes of at least 4 members (excludes halogenated alkanes) is 20. The van der Waals surface area contributed by atoms with Crippen molar-refractivity contribution in [1.29, 1.82) is 0 Å². The lowest BCUT2D eigenvalue weighted by molar-refractivity contribution is -0.136. The Morgan fingerprint density at radius 1 is 0.382 bits per heavy atom. The van der Waals surface area contributed by atoms with Crippen molar-refractivity contribution in [2.24, 2.45) is 0 Å². The molecule has 0 fully saturated rings. The quantitative estimate of drug-likeness (QED) is 0.0954. The highest BCUT2D eigenvalue weighted by Gasteiger charge is 2.19. The number of carboxylic acids is 2. The van der Waals surface area contributed by atoms with Crippen LogP contribution in [0.4, 0.5) is 0 Å². The van der Waals surface area contributed by atoms with E-state index >= 15 is 0 Å². The van der Waals surface area contributed by atoms with Crippen LogP contribution in [0.1, 0.15) is 168 Å². The normalized spacial score (nSPS) is 12.1. The molecule has 0 unspecified atom stereocenters. The van der Waals surface area contributed by atoms with Crippen molar-refractivity contribution >= 4 is 11.9 Å². The number of hydrogen-bond donors (Lipinski definition) is 2. The topological polar surface area (TPSA) is 74.6 Å². The first kappa shape index (κ1) is 32.7. The molecule has 0 atom stereocenters. The van der Waals surface area contributed by atoms with E-state index in [0.717, 1.165) is 38.5 Å². The Morgan fingerprint density at radius 3 is 0.794 bits per heavy atom. The Kier molecular flexibility index (Phi) is 23.8. The van der Waals surface area contributed by atoms with Gasteiger partial charge in [0, 0.05) is 11.1 Å². The maximum absolute atomic E-state index is 11.7. The molecule has 0 aliphatic rings. The second-order valence-electron chi connectivity index (χ2n) is 10.1. The zero-order chi connectivity index (χ0) is 25.3. The fraction of sp³-hybridized carbons (Fsp3) is 0.867. The van der Waals surface area contributed by atoms with Gasteiger partial charge in [-0.2, -0.15) is 0 Å². The van der Waals surface area contributed by atoms with Gasteiger partial charge in [0.25, 0.3) is 0 Å². The monoisotopic (exact) mass is 480 g/mol. The van der Waals surface area contributed by atoms with Crippen LogP contribution in [0.5, 0.6) is 0 Å². The molecule has 4 heteroatoms. The lowest BCUT2D eigenvalue weighted by Crippen LogP contribution is -2.12. The molecule has 4 nitrogen and oxygen atoms in total. The van der Waals surface area contributed by atoms with Crippen LogP contribution in [0.2, 0.25) is 0 Å². The Hall–Kier alpha value is -1.32. The first-order valence-corrected chi connectivity index (χ1v) is 14.7. The minimum Gasteiger partial charge on any atom is -0.478 e. The standard InChI is InChI=1S/C30H56O4/c1-3-5-7-9-11-13-15-17-19-21-23-25-27(29(31)32)28(30(33)34)26-24-22-20-18-16-14-12-10-8-6-4-2/h3-26H2,1-2H3,(H,31,32)(H,33,34)/b28-27-. The first-order valence-electron chi connectivity index (χ1n) is 14.7. The maximum atomic E-state index is 11.7. The van der Waals surface area contributed by atoms with Gasteiger partial charge in [-0.1, -0.05) is 142 Å². The second-order valence-corrected chi connectivity index (χ2v) is 10.1. The molecule has 0 aromatic heterocycles. The van der Waals surface area contributed by atoms with Crippen LogP contribution in [0, 0.1) is 0 Å². The van der Waals surface area contributed by atoms with Gasteiger partial charge in [0.15, 0.2) is 0 Å². The maximum Gasteiger partial charge on any atom is 0.332 e. The molecule has 0 amide bonds. The summed E-state index contributed by atoms with van der Waals surface area (Å²) in [6.45, 7) is 4.48. The van der Waals surface area contributed by atoms with Gasteiger partial charge in [0.2, 0.25) is 0 Å². The van der Waals surface area contributed by atoms with Crippen LogP contribution < -0.4 is 0 Å². The van der Waals surface area contributed by atoms with E-state index < -0.39 is 11.9 Å². The lowest BCUT2D eigenvalue weighted by Gasteiger charge is -2.10. The predicted molar refractivity (Wildman–Crippen MR) is 144 cm³/mol. The molecular formula is C30H56O4. The van der Waals surface area contributed by atoms with E-state index in [2.05, 4.69) is 13.8 Å². The molecule has 0 saturated carbocycles. The molecule has 0 rings (SSSR count). The molecule has 2 N–H and O–H groups in total. The number of rotatable bonds is 26. The fourth-order valence-corrected chi connectivity index (χ4v) is 4.71. The van der Waals surface area contributed by atoms with Gasteiger partial charge in [0.1, 0.15) is 0 Å². The van der Waals surface area contributed by atoms with Crippen LogP contribution in [-0.2, 0) is 9.59 Å². The summed E-state index contributed by atoms with van der Waals surface area (Å²) in [7, 11) is 0. The molecular weight excluding hydrogens is 424 g/mol. The first-order chi connectivity index (χ1) is 16.5. The smallest absolute Gasteiger partial charge is 0.332 e. The van der Waals surface area contributed by atoms with Gasteiger partial charge in [0.05, 0.1) is 0 Å². The Labute approximate surface area is 211 Å². The molecule has 0 aromatic rings. The summed E-state index contributed by atoms with van der Waals surface area (Å²) in [6, 6.07) is 0. The number of carbonyl (C=O) groups is 2. The summed E-state index contributed by atoms with van der Waals surface area (Å²) >= 11 is 0. The van der Waals surface area contributed by atoms with E-state index in [1.807, 2.05) is 0 Å². The van der Waals surface area contributed by atoms with E-state index in [-0.39, 0.29) is 11.1 Å². The van der Waals surface area contributed by atoms with Crippen molar-refractivity contribution in [2.45, 2.75) is 168 Å². The van der Waals surface area contributed by atoms with Crippen molar-refractivity contribution < 1.29 is 19.8 Å². The minimum atomic E-state index is -1.05. The summed E-state index contributed by atoms with van der Waals surface area (Å²) in [5.74, 6) is -2.10.